The number of allylic oxidation sites excluding steroid dienone is 9. The highest BCUT2D eigenvalue weighted by Gasteiger charge is 2.66. The molecule has 0 unspecified atom stereocenters. The minimum atomic E-state index is -0.599. The summed E-state index contributed by atoms with van der Waals surface area (Å²) < 4.78 is 22.1. The van der Waals surface area contributed by atoms with Gasteiger partial charge in [-0.1, -0.05) is 74.1 Å². The van der Waals surface area contributed by atoms with Gasteiger partial charge in [-0.05, 0) is 137 Å². The van der Waals surface area contributed by atoms with Crippen molar-refractivity contribution < 1.29 is 28.5 Å². The number of aryl methyl sites for hydroxylation is 2. The molecule has 1 aliphatic rings. The van der Waals surface area contributed by atoms with E-state index in [-0.39, 0.29) is 17.9 Å². The monoisotopic (exact) mass is 708 g/mol. The van der Waals surface area contributed by atoms with Gasteiger partial charge < -0.3 is 18.9 Å². The van der Waals surface area contributed by atoms with Crippen molar-refractivity contribution in [1.82, 2.24) is 0 Å². The second-order valence-electron chi connectivity index (χ2n) is 14.4. The number of esters is 2. The van der Waals surface area contributed by atoms with Gasteiger partial charge in [0.1, 0.15) is 11.5 Å². The molecule has 0 aliphatic heterocycles. The third-order valence-electron chi connectivity index (χ3n) is 10.9. The molecule has 6 heteroatoms. The molecule has 0 amide bonds. The van der Waals surface area contributed by atoms with Crippen LogP contribution in [0.2, 0.25) is 0 Å². The molecule has 1 fully saturated rings. The summed E-state index contributed by atoms with van der Waals surface area (Å²) in [5.74, 6) is 0.575. The Morgan fingerprint density at radius 3 is 1.75 bits per heavy atom. The van der Waals surface area contributed by atoms with Crippen molar-refractivity contribution in [3.8, 4) is 11.5 Å². The Kier molecular flexibility index (Phi) is 14.3. The van der Waals surface area contributed by atoms with Gasteiger partial charge in [0, 0.05) is 16.9 Å². The van der Waals surface area contributed by atoms with Gasteiger partial charge in [-0.15, -0.1) is 0 Å². The van der Waals surface area contributed by atoms with Crippen LogP contribution in [0.3, 0.4) is 0 Å². The average molecular weight is 709 g/mol. The fraction of sp³-hybridized carbons (Fsp3) is 0.435. The number of ether oxygens (including phenoxy) is 4. The number of methoxy groups -OCH3 is 2. The van der Waals surface area contributed by atoms with E-state index in [4.69, 9.17) is 18.9 Å². The second-order valence-corrected chi connectivity index (χ2v) is 14.4. The van der Waals surface area contributed by atoms with E-state index in [0.717, 1.165) is 56.0 Å². The maximum absolute atomic E-state index is 13.9. The van der Waals surface area contributed by atoms with Gasteiger partial charge in [-0.2, -0.15) is 0 Å². The summed E-state index contributed by atoms with van der Waals surface area (Å²) in [6, 6.07) is 4.14. The van der Waals surface area contributed by atoms with Crippen LogP contribution in [0, 0.1) is 64.2 Å². The Morgan fingerprint density at radius 2 is 1.23 bits per heavy atom. The molecule has 0 radical (unpaired) electrons. The molecule has 0 spiro atoms. The molecule has 6 nitrogen and oxygen atoms in total. The predicted octanol–water partition coefficient (Wildman–Crippen LogP) is 10.7. The highest BCUT2D eigenvalue weighted by molar-refractivity contribution is 5.83. The van der Waals surface area contributed by atoms with E-state index in [1.807, 2.05) is 19.9 Å². The Balaban J connectivity index is 2.12. The zero-order valence-electron chi connectivity index (χ0n) is 33.9. The van der Waals surface area contributed by atoms with Gasteiger partial charge in [-0.3, -0.25) is 4.79 Å². The first-order valence-corrected chi connectivity index (χ1v) is 18.2. The fourth-order valence-corrected chi connectivity index (χ4v) is 7.82. The van der Waals surface area contributed by atoms with Gasteiger partial charge in [-0.25, -0.2) is 4.79 Å². The Labute approximate surface area is 313 Å². The molecule has 1 saturated carbocycles. The normalized spacial score (nSPS) is 22.4. The Morgan fingerprint density at radius 1 is 0.712 bits per heavy atom. The molecule has 0 heterocycles. The van der Waals surface area contributed by atoms with E-state index >= 15 is 0 Å². The van der Waals surface area contributed by atoms with E-state index in [0.29, 0.717) is 13.2 Å². The molecule has 1 aliphatic carbocycles. The number of hydrogen-bond donors (Lipinski definition) is 0. The molecular weight excluding hydrogens is 649 g/mol. The van der Waals surface area contributed by atoms with Crippen LogP contribution in [0.1, 0.15) is 86.1 Å². The Bertz CT molecular complexity index is 1830. The first-order chi connectivity index (χ1) is 24.5. The summed E-state index contributed by atoms with van der Waals surface area (Å²) in [7, 11) is 3.39. The van der Waals surface area contributed by atoms with Crippen LogP contribution >= 0.6 is 0 Å². The van der Waals surface area contributed by atoms with Crippen LogP contribution in [0.25, 0.3) is 12.2 Å². The molecule has 0 aromatic heterocycles. The van der Waals surface area contributed by atoms with Gasteiger partial charge in [0.2, 0.25) is 0 Å². The summed E-state index contributed by atoms with van der Waals surface area (Å²) in [6.45, 7) is 25.0. The number of rotatable bonds is 14. The van der Waals surface area contributed by atoms with Crippen molar-refractivity contribution in [2.45, 2.75) is 83.1 Å². The number of carbonyl (C=O) groups is 2. The lowest BCUT2D eigenvalue weighted by Gasteiger charge is -2.62. The highest BCUT2D eigenvalue weighted by atomic mass is 16.5. The zero-order chi connectivity index (χ0) is 39.0. The summed E-state index contributed by atoms with van der Waals surface area (Å²) in [6.07, 6.45) is 20.5. The highest BCUT2D eigenvalue weighted by Crippen LogP contribution is 2.66. The molecule has 2 aromatic rings. The summed E-state index contributed by atoms with van der Waals surface area (Å²) >= 11 is 0. The lowest BCUT2D eigenvalue weighted by atomic mass is 9.39. The standard InChI is InChI=1S/C46H60O6/c1-15-51-42(47)26-30(4)20-22-41-45(11,24-17-18-29(3)19-21-37-31(5)27-39(49-13)35(9)33(37)7)43(44(48)52-16-2)46(41,12)25-23-38-32(6)28-40(50-14)36(10)34(38)8/h17-28,41,43H,15-16H2,1-14H3/b21-19+,22-20+,24-17+,25-23+,29-18+,30-26+/t41-,43-,45+,46+/m0/s1. The fourth-order valence-electron chi connectivity index (χ4n) is 7.82. The van der Waals surface area contributed by atoms with Crippen LogP contribution in [0.4, 0.5) is 0 Å². The largest absolute Gasteiger partial charge is 0.496 e. The lowest BCUT2D eigenvalue weighted by molar-refractivity contribution is -0.178. The predicted molar refractivity (Wildman–Crippen MR) is 215 cm³/mol. The smallest absolute Gasteiger partial charge is 0.330 e. The van der Waals surface area contributed by atoms with Crippen LogP contribution in [-0.2, 0) is 19.1 Å². The quantitative estimate of drug-likeness (QED) is 0.111. The van der Waals surface area contributed by atoms with E-state index in [2.05, 4.69) is 123 Å². The third kappa shape index (κ3) is 8.89. The number of hydrogen-bond acceptors (Lipinski definition) is 6. The van der Waals surface area contributed by atoms with Crippen molar-refractivity contribution in [3.63, 3.8) is 0 Å². The summed E-state index contributed by atoms with van der Waals surface area (Å²) in [4.78, 5) is 26.1. The average Bonchev–Trinajstić information content (AvgIpc) is 3.07. The van der Waals surface area contributed by atoms with Gasteiger partial charge >= 0.3 is 11.9 Å². The van der Waals surface area contributed by atoms with Gasteiger partial charge in [0.25, 0.3) is 0 Å². The lowest BCUT2D eigenvalue weighted by Crippen LogP contribution is -2.63. The van der Waals surface area contributed by atoms with Crippen LogP contribution in [0.5, 0.6) is 11.5 Å². The van der Waals surface area contributed by atoms with E-state index in [1.54, 1.807) is 21.1 Å². The molecule has 52 heavy (non-hydrogen) atoms. The molecule has 0 bridgehead atoms. The number of benzene rings is 2. The molecule has 3 rings (SSSR count). The molecule has 0 saturated heterocycles. The van der Waals surface area contributed by atoms with Crippen molar-refractivity contribution in [2.24, 2.45) is 22.7 Å². The molecular formula is C46H60O6. The van der Waals surface area contributed by atoms with Gasteiger partial charge in [0.15, 0.2) is 0 Å². The molecule has 2 aromatic carbocycles. The van der Waals surface area contributed by atoms with Crippen LogP contribution in [-0.4, -0.2) is 39.4 Å². The maximum atomic E-state index is 13.9. The summed E-state index contributed by atoms with van der Waals surface area (Å²) in [5.41, 5.74) is 9.74. The van der Waals surface area contributed by atoms with Crippen LogP contribution < -0.4 is 9.47 Å². The van der Waals surface area contributed by atoms with Crippen molar-refractivity contribution >= 4 is 24.1 Å². The first kappa shape index (κ1) is 41.8. The third-order valence-corrected chi connectivity index (χ3v) is 10.9. The van der Waals surface area contributed by atoms with E-state index in [1.165, 1.54) is 17.2 Å². The van der Waals surface area contributed by atoms with Gasteiger partial charge in [0.05, 0.1) is 33.4 Å². The molecule has 4 atom stereocenters. The SMILES string of the molecule is CCOC(=O)/C=C(C)/C=C/[C@H]1[C@@](C)(/C=C/C=C(C)/C=C/c2c(C)cc(OC)c(C)c2C)[C@H](C(=O)OCC)[C@]1(C)/C=C/c1c(C)cc(OC)c(C)c1C. The topological polar surface area (TPSA) is 71.1 Å². The van der Waals surface area contributed by atoms with E-state index < -0.39 is 16.7 Å². The molecule has 280 valence electrons. The number of carbonyl (C=O) groups excluding carboxylic acids is 2. The second kappa shape index (κ2) is 17.8. The zero-order valence-corrected chi connectivity index (χ0v) is 33.9. The van der Waals surface area contributed by atoms with Crippen LogP contribution in [0.15, 0.2) is 71.9 Å². The minimum Gasteiger partial charge on any atom is -0.496 e. The van der Waals surface area contributed by atoms with Crippen molar-refractivity contribution in [1.29, 1.82) is 0 Å². The molecule has 0 N–H and O–H groups in total. The first-order valence-electron chi connectivity index (χ1n) is 18.2. The minimum absolute atomic E-state index is 0.107. The maximum Gasteiger partial charge on any atom is 0.330 e. The summed E-state index contributed by atoms with van der Waals surface area (Å²) in [5, 5.41) is 0. The van der Waals surface area contributed by atoms with E-state index in [9.17, 15) is 9.59 Å². The van der Waals surface area contributed by atoms with Crippen molar-refractivity contribution in [2.75, 3.05) is 27.4 Å². The Hall–Kier alpha value is -4.58. The van der Waals surface area contributed by atoms with Crippen molar-refractivity contribution in [3.05, 3.63) is 116 Å².